The van der Waals surface area contributed by atoms with Crippen LogP contribution in [0.15, 0.2) is 12.1 Å². The molecule has 0 amide bonds. The molecule has 1 saturated carbocycles. The molecule has 0 aliphatic heterocycles. The highest BCUT2D eigenvalue weighted by atomic mass is 16.3. The number of aliphatic hydroxyl groups is 1. The maximum Gasteiger partial charge on any atom is 0.102 e. The summed E-state index contributed by atoms with van der Waals surface area (Å²) in [5, 5.41) is 10.5. The average Bonchev–Trinajstić information content (AvgIpc) is 3.04. The minimum absolute atomic E-state index is 0.0584. The number of aliphatic hydroxyl groups excluding tert-OH is 1. The molecule has 2 nitrogen and oxygen atoms in total. The molecule has 1 N–H and O–H groups in total. The zero-order valence-electron chi connectivity index (χ0n) is 11.0. The van der Waals surface area contributed by atoms with Gasteiger partial charge < -0.3 is 5.11 Å². The zero-order chi connectivity index (χ0) is 12.3. The summed E-state index contributed by atoms with van der Waals surface area (Å²) in [5.41, 5.74) is 3.55. The summed E-state index contributed by atoms with van der Waals surface area (Å²) in [6.07, 6.45) is 4.25. The van der Waals surface area contributed by atoms with Crippen LogP contribution >= 0.6 is 0 Å². The second kappa shape index (κ2) is 3.32. The van der Waals surface area contributed by atoms with Crippen LogP contribution in [-0.2, 0) is 11.8 Å². The van der Waals surface area contributed by atoms with Gasteiger partial charge in [0.25, 0.3) is 0 Å². The first-order valence-corrected chi connectivity index (χ1v) is 6.61. The molecule has 0 bridgehead atoms. The molecule has 3 rings (SSSR count). The fourth-order valence-corrected chi connectivity index (χ4v) is 2.86. The van der Waals surface area contributed by atoms with Crippen LogP contribution in [0.3, 0.4) is 0 Å². The maximum atomic E-state index is 10.5. The lowest BCUT2D eigenvalue weighted by atomic mass is 9.80. The number of nitrogens with zero attached hydrogens (tertiary/aromatic N) is 1. The summed E-state index contributed by atoms with van der Waals surface area (Å²) in [6.45, 7) is 6.51. The number of hydrogen-bond donors (Lipinski definition) is 1. The van der Waals surface area contributed by atoms with Gasteiger partial charge in [0.15, 0.2) is 0 Å². The Labute approximate surface area is 103 Å². The van der Waals surface area contributed by atoms with Crippen molar-refractivity contribution >= 4 is 0 Å². The Bertz CT molecular complexity index is 454. The van der Waals surface area contributed by atoms with Gasteiger partial charge in [0.05, 0.1) is 5.69 Å². The SMILES string of the molecule is CC(C)(C)c1ccc2c(n1)C(O)C1(CC2)CC1. The van der Waals surface area contributed by atoms with E-state index in [1.165, 1.54) is 18.4 Å². The predicted molar refractivity (Wildman–Crippen MR) is 67.9 cm³/mol. The molecule has 1 unspecified atom stereocenters. The van der Waals surface area contributed by atoms with Gasteiger partial charge in [-0.2, -0.15) is 0 Å². The standard InChI is InChI=1S/C15H21NO/c1-14(2,3)11-5-4-10-6-7-15(8-9-15)13(17)12(10)16-11/h4-5,13,17H,6-9H2,1-3H3. The quantitative estimate of drug-likeness (QED) is 0.744. The highest BCUT2D eigenvalue weighted by molar-refractivity contribution is 5.33. The molecule has 0 saturated heterocycles. The van der Waals surface area contributed by atoms with E-state index in [0.717, 1.165) is 24.2 Å². The fraction of sp³-hybridized carbons (Fsp3) is 0.667. The molecule has 1 heterocycles. The molecule has 2 heteroatoms. The lowest BCUT2D eigenvalue weighted by Crippen LogP contribution is -2.25. The van der Waals surface area contributed by atoms with Crippen LogP contribution in [0.1, 0.15) is 63.1 Å². The number of fused-ring (bicyclic) bond motifs is 1. The normalized spacial score (nSPS) is 25.8. The van der Waals surface area contributed by atoms with Crippen molar-refractivity contribution in [3.05, 3.63) is 29.1 Å². The number of pyridine rings is 1. The Morgan fingerprint density at radius 2 is 1.94 bits per heavy atom. The van der Waals surface area contributed by atoms with E-state index >= 15 is 0 Å². The second-order valence-corrected chi connectivity index (χ2v) is 6.76. The molecule has 1 fully saturated rings. The summed E-state index contributed by atoms with van der Waals surface area (Å²) < 4.78 is 0. The second-order valence-electron chi connectivity index (χ2n) is 6.76. The van der Waals surface area contributed by atoms with Gasteiger partial charge in [0.2, 0.25) is 0 Å². The summed E-state index contributed by atoms with van der Waals surface area (Å²) in [5.74, 6) is 0. The van der Waals surface area contributed by atoms with Crippen molar-refractivity contribution in [1.82, 2.24) is 4.98 Å². The van der Waals surface area contributed by atoms with Gasteiger partial charge in [-0.15, -0.1) is 0 Å². The largest absolute Gasteiger partial charge is 0.386 e. The summed E-state index contributed by atoms with van der Waals surface area (Å²) in [7, 11) is 0. The van der Waals surface area contributed by atoms with Crippen molar-refractivity contribution in [2.45, 2.75) is 58.0 Å². The molecule has 17 heavy (non-hydrogen) atoms. The van der Waals surface area contributed by atoms with E-state index in [1.54, 1.807) is 0 Å². The summed E-state index contributed by atoms with van der Waals surface area (Å²) in [4.78, 5) is 4.75. The maximum absolute atomic E-state index is 10.5. The Kier molecular flexibility index (Phi) is 2.19. The first-order valence-electron chi connectivity index (χ1n) is 6.61. The molecule has 0 radical (unpaired) electrons. The average molecular weight is 231 g/mol. The number of aryl methyl sites for hydroxylation is 1. The number of aromatic nitrogens is 1. The van der Waals surface area contributed by atoms with E-state index in [0.29, 0.717) is 0 Å². The summed E-state index contributed by atoms with van der Waals surface area (Å²) >= 11 is 0. The first kappa shape index (κ1) is 11.2. The molecular weight excluding hydrogens is 210 g/mol. The minimum Gasteiger partial charge on any atom is -0.386 e. The van der Waals surface area contributed by atoms with Crippen molar-refractivity contribution < 1.29 is 5.11 Å². The van der Waals surface area contributed by atoms with Crippen LogP contribution in [0.25, 0.3) is 0 Å². The van der Waals surface area contributed by atoms with Crippen molar-refractivity contribution in [2.75, 3.05) is 0 Å². The highest BCUT2D eigenvalue weighted by Crippen LogP contribution is 2.60. The van der Waals surface area contributed by atoms with Gasteiger partial charge in [-0.1, -0.05) is 26.8 Å². The molecule has 1 spiro atoms. The van der Waals surface area contributed by atoms with Gasteiger partial charge in [-0.3, -0.25) is 4.98 Å². The van der Waals surface area contributed by atoms with Gasteiger partial charge in [-0.25, -0.2) is 0 Å². The third-order valence-electron chi connectivity index (χ3n) is 4.40. The van der Waals surface area contributed by atoms with Gasteiger partial charge in [0.1, 0.15) is 6.10 Å². The molecule has 2 aliphatic rings. The fourth-order valence-electron chi connectivity index (χ4n) is 2.86. The van der Waals surface area contributed by atoms with Crippen molar-refractivity contribution in [3.8, 4) is 0 Å². The van der Waals surface area contributed by atoms with Crippen LogP contribution < -0.4 is 0 Å². The van der Waals surface area contributed by atoms with E-state index in [1.807, 2.05) is 0 Å². The van der Waals surface area contributed by atoms with Crippen LogP contribution in [0, 0.1) is 5.41 Å². The van der Waals surface area contributed by atoms with Crippen LogP contribution in [0.5, 0.6) is 0 Å². The van der Waals surface area contributed by atoms with Crippen LogP contribution in [0.2, 0.25) is 0 Å². The van der Waals surface area contributed by atoms with E-state index in [4.69, 9.17) is 4.98 Å². The molecule has 1 aromatic rings. The van der Waals surface area contributed by atoms with E-state index in [9.17, 15) is 5.11 Å². The Balaban J connectivity index is 2.04. The molecule has 92 valence electrons. The van der Waals surface area contributed by atoms with E-state index < -0.39 is 0 Å². The lowest BCUT2D eigenvalue weighted by molar-refractivity contribution is 0.0731. The van der Waals surface area contributed by atoms with Gasteiger partial charge >= 0.3 is 0 Å². The molecular formula is C15H21NO. The van der Waals surface area contributed by atoms with E-state index in [2.05, 4.69) is 32.9 Å². The van der Waals surface area contributed by atoms with Crippen molar-refractivity contribution in [1.29, 1.82) is 0 Å². The molecule has 1 atom stereocenters. The van der Waals surface area contributed by atoms with Gasteiger partial charge in [0, 0.05) is 16.5 Å². The topological polar surface area (TPSA) is 33.1 Å². The van der Waals surface area contributed by atoms with Crippen molar-refractivity contribution in [2.24, 2.45) is 5.41 Å². The molecule has 1 aromatic heterocycles. The molecule has 0 aromatic carbocycles. The van der Waals surface area contributed by atoms with Crippen LogP contribution in [0.4, 0.5) is 0 Å². The highest BCUT2D eigenvalue weighted by Gasteiger charge is 2.52. The van der Waals surface area contributed by atoms with Crippen molar-refractivity contribution in [3.63, 3.8) is 0 Å². The van der Waals surface area contributed by atoms with Crippen LogP contribution in [-0.4, -0.2) is 10.1 Å². The third-order valence-corrected chi connectivity index (χ3v) is 4.40. The number of rotatable bonds is 0. The van der Waals surface area contributed by atoms with Gasteiger partial charge in [-0.05, 0) is 37.3 Å². The zero-order valence-corrected chi connectivity index (χ0v) is 11.0. The predicted octanol–water partition coefficient (Wildman–Crippen LogP) is 3.14. The summed E-state index contributed by atoms with van der Waals surface area (Å²) in [6, 6.07) is 4.29. The Hall–Kier alpha value is -0.890. The molecule has 2 aliphatic carbocycles. The monoisotopic (exact) mass is 231 g/mol. The Morgan fingerprint density at radius 3 is 2.53 bits per heavy atom. The van der Waals surface area contributed by atoms with E-state index in [-0.39, 0.29) is 16.9 Å². The number of hydrogen-bond acceptors (Lipinski definition) is 2. The minimum atomic E-state index is -0.325. The Morgan fingerprint density at radius 1 is 1.24 bits per heavy atom. The first-order chi connectivity index (χ1) is 7.92. The smallest absolute Gasteiger partial charge is 0.102 e. The lowest BCUT2D eigenvalue weighted by Gasteiger charge is -2.30. The third kappa shape index (κ3) is 1.70.